The van der Waals surface area contributed by atoms with Gasteiger partial charge in [0.2, 0.25) is 0 Å². The summed E-state index contributed by atoms with van der Waals surface area (Å²) in [5.74, 6) is -119. The number of benzene rings is 1. The van der Waals surface area contributed by atoms with E-state index in [1.165, 1.54) is 0 Å². The van der Waals surface area contributed by atoms with Gasteiger partial charge >= 0.3 is 95.3 Å². The van der Waals surface area contributed by atoms with E-state index >= 15 is 0 Å². The molecule has 0 bridgehead atoms. The average Bonchev–Trinajstić information content (AvgIpc) is 3.19. The second-order valence-corrected chi connectivity index (χ2v) is 15.4. The summed E-state index contributed by atoms with van der Waals surface area (Å²) in [5, 5.41) is 0. The summed E-state index contributed by atoms with van der Waals surface area (Å²) in [6.45, 7) is 0. The molecule has 2 nitrogen and oxygen atoms in total. The maximum absolute atomic E-state index is 14.6. The second-order valence-electron chi connectivity index (χ2n) is 15.4. The number of hydrogen-bond donors (Lipinski definition) is 0. The lowest BCUT2D eigenvalue weighted by Crippen LogP contribution is -2.74. The number of nitrogens with zero attached hydrogens (tertiary/aromatic N) is 1. The number of amides is 1. The van der Waals surface area contributed by atoms with Crippen molar-refractivity contribution < 1.29 is 154 Å². The van der Waals surface area contributed by atoms with E-state index in [0.717, 1.165) is 30.3 Å². The van der Waals surface area contributed by atoms with Crippen LogP contribution in [0.5, 0.6) is 0 Å². The topological polar surface area (TPSA) is 20.3 Å². The molecule has 2 rings (SSSR count). The molecule has 0 aromatic heterocycles. The molecule has 0 saturated carbocycles. The molecule has 0 aliphatic carbocycles. The van der Waals surface area contributed by atoms with Crippen LogP contribution < -0.4 is 0 Å². The normalized spacial score (nSPS) is 19.2. The third kappa shape index (κ3) is 9.32. The van der Waals surface area contributed by atoms with E-state index in [1.54, 1.807) is 0 Å². The lowest BCUT2D eigenvalue weighted by molar-refractivity contribution is -0.461. The molecule has 1 aromatic carbocycles. The summed E-state index contributed by atoms with van der Waals surface area (Å²) in [7, 11) is 0. The van der Waals surface area contributed by atoms with E-state index in [1.807, 2.05) is 0 Å². The summed E-state index contributed by atoms with van der Waals surface area (Å²) in [4.78, 5) is 13.8. The Kier molecular flexibility index (Phi) is 16.4. The standard InChI is InChI=1S/C34H25F34NO/c35-19(36,21(39,40)23(43,44)25(47,48)27(51,52)29(55,56)31(59,60)33(63,64)65)13-5-11-16-9-4-10-17(69(16)18(70)15-7-2-1-3-8-15)12-6-14-20(37,38)22(41,42)24(45,46)26(49,50)28(53,54)30(57,58)32(61,62)34(66,67)68/h1-3,7-8,16-17H,4-6,9-14H2/t16-,17+. The highest BCUT2D eigenvalue weighted by Gasteiger charge is 2.97. The zero-order valence-corrected chi connectivity index (χ0v) is 33.1. The predicted molar refractivity (Wildman–Crippen MR) is 163 cm³/mol. The number of alkyl halides is 34. The van der Waals surface area contributed by atoms with Gasteiger partial charge in [0, 0.05) is 30.5 Å². The Hall–Kier alpha value is -3.69. The summed E-state index contributed by atoms with van der Waals surface area (Å²) >= 11 is 0. The summed E-state index contributed by atoms with van der Waals surface area (Å²) < 4.78 is 466. The minimum absolute atomic E-state index is 0.323. The number of carbonyl (C=O) groups is 1. The van der Waals surface area contributed by atoms with Crippen LogP contribution in [0.4, 0.5) is 149 Å². The minimum atomic E-state index is -8.95. The third-order valence-electron chi connectivity index (χ3n) is 10.7. The Morgan fingerprint density at radius 3 is 0.871 bits per heavy atom. The van der Waals surface area contributed by atoms with Crippen molar-refractivity contribution in [1.82, 2.24) is 4.90 Å². The fraction of sp³-hybridized carbons (Fsp3) is 0.794. The maximum Gasteiger partial charge on any atom is 0.460 e. The fourth-order valence-corrected chi connectivity index (χ4v) is 6.62. The maximum atomic E-state index is 14.6. The third-order valence-corrected chi connectivity index (χ3v) is 10.7. The fourth-order valence-electron chi connectivity index (χ4n) is 6.62. The van der Waals surface area contributed by atoms with Crippen molar-refractivity contribution in [1.29, 1.82) is 0 Å². The second kappa shape index (κ2) is 18.4. The van der Waals surface area contributed by atoms with Gasteiger partial charge in [-0.15, -0.1) is 0 Å². The Bertz CT molecular complexity index is 1840. The van der Waals surface area contributed by atoms with Crippen LogP contribution in [0.1, 0.15) is 68.1 Å². The Labute approximate surface area is 366 Å². The zero-order valence-electron chi connectivity index (χ0n) is 33.1. The molecule has 1 saturated heterocycles. The largest absolute Gasteiger partial charge is 0.460 e. The first-order valence-corrected chi connectivity index (χ1v) is 18.4. The summed E-state index contributed by atoms with van der Waals surface area (Å²) in [6.07, 6.45) is -30.4. The van der Waals surface area contributed by atoms with Crippen LogP contribution in [0.15, 0.2) is 30.3 Å². The first-order valence-electron chi connectivity index (χ1n) is 18.4. The lowest BCUT2D eigenvalue weighted by atomic mass is 9.85. The van der Waals surface area contributed by atoms with E-state index < -0.39 is 177 Å². The molecule has 0 N–H and O–H groups in total. The average molecular weight is 1110 g/mol. The molecular formula is C34H25F34NO. The number of hydrogen-bond acceptors (Lipinski definition) is 1. The van der Waals surface area contributed by atoms with E-state index in [4.69, 9.17) is 0 Å². The van der Waals surface area contributed by atoms with Crippen molar-refractivity contribution in [3.8, 4) is 0 Å². The highest BCUT2D eigenvalue weighted by Crippen LogP contribution is 2.66. The van der Waals surface area contributed by atoms with Crippen molar-refractivity contribution in [3.05, 3.63) is 35.9 Å². The molecule has 0 unspecified atom stereocenters. The van der Waals surface area contributed by atoms with Gasteiger partial charge in [0.05, 0.1) is 0 Å². The molecule has 1 heterocycles. The molecule has 70 heavy (non-hydrogen) atoms. The highest BCUT2D eigenvalue weighted by atomic mass is 19.4. The number of halogens is 34. The van der Waals surface area contributed by atoms with Crippen molar-refractivity contribution >= 4 is 5.91 Å². The summed E-state index contributed by atoms with van der Waals surface area (Å²) in [6, 6.07) is 1.09. The molecule has 1 aliphatic heterocycles. The zero-order chi connectivity index (χ0) is 55.8. The van der Waals surface area contributed by atoms with Gasteiger partial charge in [-0.05, 0) is 57.1 Å². The predicted octanol–water partition coefficient (Wildman–Crippen LogP) is 15.4. The molecule has 410 valence electrons. The number of piperidine rings is 1. The lowest BCUT2D eigenvalue weighted by Gasteiger charge is -2.44. The van der Waals surface area contributed by atoms with Crippen LogP contribution in [0.2, 0.25) is 0 Å². The van der Waals surface area contributed by atoms with Gasteiger partial charge in [-0.2, -0.15) is 149 Å². The SMILES string of the molecule is O=C(c1ccccc1)N1[C@@H](CCCC(F)(F)C(F)(F)C(F)(F)C(F)(F)C(F)(F)C(F)(F)C(F)(F)C(F)(F)F)CCC[C@H]1CCCC(F)(F)C(F)(F)C(F)(F)C(F)(F)C(F)(F)C(F)(F)C(F)(F)C(F)(F)F. The van der Waals surface area contributed by atoms with Crippen LogP contribution in [-0.4, -0.2) is 118 Å². The van der Waals surface area contributed by atoms with Crippen LogP contribution in [0, 0.1) is 0 Å². The van der Waals surface area contributed by atoms with Gasteiger partial charge in [0.1, 0.15) is 0 Å². The molecule has 0 spiro atoms. The van der Waals surface area contributed by atoms with Crippen molar-refractivity contribution in [2.45, 2.75) is 165 Å². The number of rotatable bonds is 21. The van der Waals surface area contributed by atoms with E-state index in [2.05, 4.69) is 0 Å². The van der Waals surface area contributed by atoms with E-state index in [-0.39, 0.29) is 0 Å². The van der Waals surface area contributed by atoms with Gasteiger partial charge in [-0.3, -0.25) is 4.79 Å². The van der Waals surface area contributed by atoms with Crippen molar-refractivity contribution in [3.63, 3.8) is 0 Å². The van der Waals surface area contributed by atoms with Crippen LogP contribution in [-0.2, 0) is 0 Å². The molecule has 1 fully saturated rings. The highest BCUT2D eigenvalue weighted by molar-refractivity contribution is 5.94. The molecule has 0 radical (unpaired) electrons. The van der Waals surface area contributed by atoms with Gasteiger partial charge in [0.15, 0.2) is 0 Å². The molecular weight excluding hydrogens is 1080 g/mol. The first kappa shape index (κ1) is 62.4. The van der Waals surface area contributed by atoms with Gasteiger partial charge in [-0.1, -0.05) is 18.2 Å². The quantitative estimate of drug-likeness (QED) is 0.112. The summed E-state index contributed by atoms with van der Waals surface area (Å²) in [5.41, 5.74) is -0.570. The smallest absolute Gasteiger partial charge is 0.333 e. The molecule has 1 aromatic rings. The Morgan fingerprint density at radius 2 is 0.614 bits per heavy atom. The van der Waals surface area contributed by atoms with Gasteiger partial charge in [0.25, 0.3) is 5.91 Å². The van der Waals surface area contributed by atoms with E-state index in [9.17, 15) is 154 Å². The Morgan fingerprint density at radius 1 is 0.371 bits per heavy atom. The number of likely N-dealkylation sites (tertiary alicyclic amines) is 1. The first-order chi connectivity index (χ1) is 30.6. The molecule has 1 aliphatic rings. The van der Waals surface area contributed by atoms with Gasteiger partial charge in [-0.25, -0.2) is 0 Å². The molecule has 2 atom stereocenters. The van der Waals surface area contributed by atoms with Crippen molar-refractivity contribution in [2.24, 2.45) is 0 Å². The van der Waals surface area contributed by atoms with Crippen LogP contribution >= 0.6 is 0 Å². The Balaban J connectivity index is 2.47. The van der Waals surface area contributed by atoms with Crippen molar-refractivity contribution in [2.75, 3.05) is 0 Å². The van der Waals surface area contributed by atoms with E-state index in [0.29, 0.717) is 4.90 Å². The van der Waals surface area contributed by atoms with Gasteiger partial charge < -0.3 is 4.90 Å². The molecule has 1 amide bonds. The van der Waals surface area contributed by atoms with Crippen LogP contribution in [0.25, 0.3) is 0 Å². The molecule has 36 heteroatoms. The number of carbonyl (C=O) groups excluding carboxylic acids is 1. The van der Waals surface area contributed by atoms with Crippen LogP contribution in [0.3, 0.4) is 0 Å². The monoisotopic (exact) mass is 1110 g/mol. The minimum Gasteiger partial charge on any atom is -0.333 e.